The predicted molar refractivity (Wildman–Crippen MR) is 141 cm³/mol. The van der Waals surface area contributed by atoms with Gasteiger partial charge in [0, 0.05) is 17.5 Å². The number of allylic oxidation sites excluding steroid dienone is 1. The van der Waals surface area contributed by atoms with Crippen molar-refractivity contribution in [2.75, 3.05) is 11.9 Å². The molecule has 1 amide bonds. The minimum atomic E-state index is -0.497. The van der Waals surface area contributed by atoms with Gasteiger partial charge in [0.2, 0.25) is 5.91 Å². The first-order chi connectivity index (χ1) is 16.5. The van der Waals surface area contributed by atoms with Crippen molar-refractivity contribution in [3.05, 3.63) is 83.0 Å². The fourth-order valence-corrected chi connectivity index (χ4v) is 5.42. The molecule has 4 rings (SSSR count). The van der Waals surface area contributed by atoms with Crippen molar-refractivity contribution >= 4 is 44.9 Å². The molecule has 1 N–H and O–H groups in total. The quantitative estimate of drug-likeness (QED) is 0.181. The molecule has 1 atom stereocenters. The van der Waals surface area contributed by atoms with E-state index in [0.29, 0.717) is 40.0 Å². The molecule has 2 heterocycles. The smallest absolute Gasteiger partial charge is 0.263 e. The Morgan fingerprint density at radius 3 is 2.71 bits per heavy atom. The first-order valence-electron chi connectivity index (χ1n) is 10.9. The van der Waals surface area contributed by atoms with Gasteiger partial charge in [-0.15, -0.1) is 17.9 Å². The summed E-state index contributed by atoms with van der Waals surface area (Å²) < 4.78 is 7.18. The van der Waals surface area contributed by atoms with Crippen LogP contribution in [0.25, 0.3) is 21.3 Å². The summed E-state index contributed by atoms with van der Waals surface area (Å²) in [5.41, 5.74) is 2.31. The zero-order chi connectivity index (χ0) is 24.1. The lowest BCUT2D eigenvalue weighted by molar-refractivity contribution is -0.115. The summed E-state index contributed by atoms with van der Waals surface area (Å²) in [6.07, 6.45) is 1.66. The number of ether oxygens (including phenoxy) is 1. The number of hydrogen-bond acceptors (Lipinski definition) is 6. The maximum atomic E-state index is 13.5. The van der Waals surface area contributed by atoms with Crippen molar-refractivity contribution in [2.45, 2.75) is 30.8 Å². The van der Waals surface area contributed by atoms with Crippen LogP contribution in [0, 0.1) is 0 Å². The molecule has 174 valence electrons. The number of benzene rings is 2. The van der Waals surface area contributed by atoms with Crippen LogP contribution in [0.4, 0.5) is 5.69 Å². The van der Waals surface area contributed by atoms with Crippen molar-refractivity contribution < 1.29 is 9.53 Å². The van der Waals surface area contributed by atoms with Gasteiger partial charge >= 0.3 is 0 Å². The summed E-state index contributed by atoms with van der Waals surface area (Å²) in [6.45, 7) is 8.29. The van der Waals surface area contributed by atoms with Crippen LogP contribution in [0.3, 0.4) is 0 Å². The summed E-state index contributed by atoms with van der Waals surface area (Å²) in [7, 11) is 0. The first-order valence-corrected chi connectivity index (χ1v) is 12.7. The van der Waals surface area contributed by atoms with E-state index in [-0.39, 0.29) is 11.5 Å². The molecule has 4 aromatic rings. The van der Waals surface area contributed by atoms with E-state index in [1.807, 2.05) is 60.8 Å². The van der Waals surface area contributed by atoms with Crippen molar-refractivity contribution in [3.8, 4) is 16.9 Å². The number of carbonyl (C=O) groups is 1. The molecular weight excluding hydrogens is 466 g/mol. The van der Waals surface area contributed by atoms with Crippen LogP contribution in [-0.4, -0.2) is 27.3 Å². The Morgan fingerprint density at radius 2 is 1.97 bits per heavy atom. The number of carbonyl (C=O) groups excluding carboxylic acids is 1. The number of amides is 1. The van der Waals surface area contributed by atoms with Crippen LogP contribution < -0.4 is 15.6 Å². The molecule has 0 fully saturated rings. The molecule has 0 radical (unpaired) electrons. The molecule has 1 unspecified atom stereocenters. The Bertz CT molecular complexity index is 1380. The normalized spacial score (nSPS) is 11.8. The standard InChI is InChI=1S/C26H25N3O3S2/c1-4-15-29-25(31)22-19(18-11-7-6-8-12-18)16-33-24(22)28-26(29)34-17(3)23(30)27-20-13-9-10-14-21(20)32-5-2/h4,6-14,16-17H,1,5,15H2,2-3H3,(H,27,30). The van der Waals surface area contributed by atoms with E-state index in [1.54, 1.807) is 23.6 Å². The SMILES string of the molecule is C=CCn1c(SC(C)C(=O)Nc2ccccc2OCC)nc2scc(-c3ccccc3)c2c1=O. The maximum absolute atomic E-state index is 13.5. The van der Waals surface area contributed by atoms with Gasteiger partial charge in [-0.05, 0) is 31.5 Å². The fraction of sp³-hybridized carbons (Fsp3) is 0.192. The Balaban J connectivity index is 1.65. The zero-order valence-corrected chi connectivity index (χ0v) is 20.6. The molecule has 0 bridgehead atoms. The van der Waals surface area contributed by atoms with Crippen LogP contribution in [-0.2, 0) is 11.3 Å². The van der Waals surface area contributed by atoms with Crippen LogP contribution in [0.2, 0.25) is 0 Å². The van der Waals surface area contributed by atoms with Gasteiger partial charge in [0.25, 0.3) is 5.56 Å². The van der Waals surface area contributed by atoms with Crippen molar-refractivity contribution in [1.29, 1.82) is 0 Å². The van der Waals surface area contributed by atoms with Crippen LogP contribution in [0.5, 0.6) is 5.75 Å². The number of fused-ring (bicyclic) bond motifs is 1. The highest BCUT2D eigenvalue weighted by molar-refractivity contribution is 8.00. The third-order valence-corrected chi connectivity index (χ3v) is 7.11. The summed E-state index contributed by atoms with van der Waals surface area (Å²) >= 11 is 2.68. The Morgan fingerprint density at radius 1 is 1.24 bits per heavy atom. The number of aromatic nitrogens is 2. The number of nitrogens with one attached hydrogen (secondary N) is 1. The average Bonchev–Trinajstić information content (AvgIpc) is 3.27. The maximum Gasteiger partial charge on any atom is 0.263 e. The van der Waals surface area contributed by atoms with E-state index >= 15 is 0 Å². The summed E-state index contributed by atoms with van der Waals surface area (Å²) in [5.74, 6) is 0.415. The molecule has 0 saturated carbocycles. The fourth-order valence-electron chi connectivity index (χ4n) is 3.51. The second kappa shape index (κ2) is 10.7. The van der Waals surface area contributed by atoms with Gasteiger partial charge in [-0.3, -0.25) is 14.2 Å². The number of hydrogen-bond donors (Lipinski definition) is 1. The molecule has 2 aromatic carbocycles. The highest BCUT2D eigenvalue weighted by Crippen LogP contribution is 2.33. The summed E-state index contributed by atoms with van der Waals surface area (Å²) in [4.78, 5) is 31.9. The third kappa shape index (κ3) is 4.93. The van der Waals surface area contributed by atoms with Crippen molar-refractivity contribution in [1.82, 2.24) is 9.55 Å². The minimum Gasteiger partial charge on any atom is -0.492 e. The average molecular weight is 492 g/mol. The second-order valence-electron chi connectivity index (χ2n) is 7.47. The van der Waals surface area contributed by atoms with Crippen LogP contribution >= 0.6 is 23.1 Å². The Labute approximate surface area is 206 Å². The summed E-state index contributed by atoms with van der Waals surface area (Å²) in [6, 6.07) is 17.1. The molecule has 0 aliphatic rings. The van der Waals surface area contributed by atoms with Gasteiger partial charge in [-0.1, -0.05) is 60.3 Å². The first kappa shape index (κ1) is 23.8. The predicted octanol–water partition coefficient (Wildman–Crippen LogP) is 5.83. The van der Waals surface area contributed by atoms with E-state index < -0.39 is 5.25 Å². The zero-order valence-electron chi connectivity index (χ0n) is 19.0. The van der Waals surface area contributed by atoms with E-state index in [2.05, 4.69) is 11.9 Å². The number of nitrogens with zero attached hydrogens (tertiary/aromatic N) is 2. The highest BCUT2D eigenvalue weighted by atomic mass is 32.2. The second-order valence-corrected chi connectivity index (χ2v) is 9.64. The summed E-state index contributed by atoms with van der Waals surface area (Å²) in [5, 5.41) is 5.46. The lowest BCUT2D eigenvalue weighted by Crippen LogP contribution is -2.26. The monoisotopic (exact) mass is 491 g/mol. The van der Waals surface area contributed by atoms with Crippen LogP contribution in [0.15, 0.2) is 82.6 Å². The molecule has 0 aliphatic heterocycles. The minimum absolute atomic E-state index is 0.137. The Kier molecular flexibility index (Phi) is 7.49. The number of rotatable bonds is 9. The van der Waals surface area contributed by atoms with E-state index in [4.69, 9.17) is 9.72 Å². The van der Waals surface area contributed by atoms with E-state index in [1.165, 1.54) is 23.1 Å². The topological polar surface area (TPSA) is 73.2 Å². The molecular formula is C26H25N3O3S2. The largest absolute Gasteiger partial charge is 0.492 e. The molecule has 0 saturated heterocycles. The third-order valence-electron chi connectivity index (χ3n) is 5.15. The molecule has 6 nitrogen and oxygen atoms in total. The highest BCUT2D eigenvalue weighted by Gasteiger charge is 2.22. The van der Waals surface area contributed by atoms with Crippen molar-refractivity contribution in [3.63, 3.8) is 0 Å². The lowest BCUT2D eigenvalue weighted by atomic mass is 10.1. The number of para-hydroxylation sites is 2. The number of anilines is 1. The van der Waals surface area contributed by atoms with Crippen molar-refractivity contribution in [2.24, 2.45) is 0 Å². The lowest BCUT2D eigenvalue weighted by Gasteiger charge is -2.16. The van der Waals surface area contributed by atoms with Gasteiger partial charge in [0.1, 0.15) is 10.6 Å². The molecule has 8 heteroatoms. The molecule has 0 aliphatic carbocycles. The van der Waals surface area contributed by atoms with E-state index in [9.17, 15) is 9.59 Å². The number of thioether (sulfide) groups is 1. The molecule has 2 aromatic heterocycles. The van der Waals surface area contributed by atoms with Gasteiger partial charge in [-0.2, -0.15) is 0 Å². The van der Waals surface area contributed by atoms with Gasteiger partial charge < -0.3 is 10.1 Å². The van der Waals surface area contributed by atoms with Gasteiger partial charge in [-0.25, -0.2) is 4.98 Å². The van der Waals surface area contributed by atoms with Gasteiger partial charge in [0.05, 0.1) is 22.9 Å². The number of thiophene rings is 1. The molecule has 34 heavy (non-hydrogen) atoms. The van der Waals surface area contributed by atoms with E-state index in [0.717, 1.165) is 11.1 Å². The Hall–Kier alpha value is -3.36. The van der Waals surface area contributed by atoms with Gasteiger partial charge in [0.15, 0.2) is 5.16 Å². The molecule has 0 spiro atoms. The van der Waals surface area contributed by atoms with Crippen LogP contribution in [0.1, 0.15) is 13.8 Å².